The number of unbranched alkanes of at least 4 members (excludes halogenated alkanes) is 1. The molecule has 29 heavy (non-hydrogen) atoms. The molecule has 0 amide bonds. The van der Waals surface area contributed by atoms with Crippen molar-refractivity contribution >= 4 is 0 Å². The van der Waals surface area contributed by atoms with Crippen LogP contribution >= 0.6 is 0 Å². The average Bonchev–Trinajstić information content (AvgIpc) is 3.14. The number of hydrogen-bond acceptors (Lipinski definition) is 3. The minimum atomic E-state index is -4.43. The van der Waals surface area contributed by atoms with Gasteiger partial charge in [0.25, 0.3) is 0 Å². The first-order valence-corrected chi connectivity index (χ1v) is 10.5. The zero-order valence-corrected chi connectivity index (χ0v) is 17.2. The predicted octanol–water partition coefficient (Wildman–Crippen LogP) is 6.04. The lowest BCUT2D eigenvalue weighted by atomic mass is 9.97. The van der Waals surface area contributed by atoms with Gasteiger partial charge in [0.05, 0.1) is 23.6 Å². The fraction of sp³-hybridized carbons (Fsp3) is 0.591. The monoisotopic (exact) mass is 409 g/mol. The molecular formula is C22H30F3N3O. The highest BCUT2D eigenvalue weighted by atomic mass is 19.4. The quantitative estimate of drug-likeness (QED) is 0.578. The summed E-state index contributed by atoms with van der Waals surface area (Å²) >= 11 is 0. The summed E-state index contributed by atoms with van der Waals surface area (Å²) in [6.45, 7) is 3.69. The molecule has 0 unspecified atom stereocenters. The van der Waals surface area contributed by atoms with E-state index in [0.717, 1.165) is 63.1 Å². The molecule has 0 saturated heterocycles. The van der Waals surface area contributed by atoms with Crippen LogP contribution < -0.4 is 4.74 Å². The predicted molar refractivity (Wildman–Crippen MR) is 108 cm³/mol. The number of nitrogens with zero attached hydrogens (tertiary/aromatic N) is 2. The Labute approximate surface area is 170 Å². The van der Waals surface area contributed by atoms with Gasteiger partial charge in [-0.05, 0) is 63.9 Å². The number of halogens is 3. The Morgan fingerprint density at radius 3 is 2.62 bits per heavy atom. The van der Waals surface area contributed by atoms with Crippen LogP contribution in [0, 0.1) is 0 Å². The standard InChI is InChI=1S/C22H30F3N3O/c1-3-4-10-28(2)15-17-14-26-27-21(17)16-11-18(22(23,24)25)13-20(12-16)29-19-8-6-5-7-9-19/h11-14,19H,3-10,15H2,1-2H3,(H,26,27). The summed E-state index contributed by atoms with van der Waals surface area (Å²) in [5.41, 5.74) is 1.27. The van der Waals surface area contributed by atoms with Gasteiger partial charge in [0, 0.05) is 17.7 Å². The van der Waals surface area contributed by atoms with Gasteiger partial charge < -0.3 is 9.64 Å². The van der Waals surface area contributed by atoms with Crippen molar-refractivity contribution in [2.75, 3.05) is 13.6 Å². The van der Waals surface area contributed by atoms with E-state index in [9.17, 15) is 13.2 Å². The lowest BCUT2D eigenvalue weighted by Gasteiger charge is -2.24. The fourth-order valence-electron chi connectivity index (χ4n) is 3.83. The minimum absolute atomic E-state index is 0.0125. The van der Waals surface area contributed by atoms with E-state index in [2.05, 4.69) is 22.0 Å². The number of rotatable bonds is 8. The van der Waals surface area contributed by atoms with E-state index in [1.54, 1.807) is 12.3 Å². The van der Waals surface area contributed by atoms with E-state index in [0.29, 0.717) is 17.8 Å². The van der Waals surface area contributed by atoms with E-state index in [4.69, 9.17) is 4.74 Å². The van der Waals surface area contributed by atoms with E-state index >= 15 is 0 Å². The molecule has 1 aromatic carbocycles. The molecule has 1 aromatic heterocycles. The number of ether oxygens (including phenoxy) is 1. The van der Waals surface area contributed by atoms with Crippen LogP contribution in [-0.4, -0.2) is 34.8 Å². The number of aromatic amines is 1. The highest BCUT2D eigenvalue weighted by Crippen LogP contribution is 2.37. The second-order valence-electron chi connectivity index (χ2n) is 7.98. The smallest absolute Gasteiger partial charge is 0.416 e. The van der Waals surface area contributed by atoms with Gasteiger partial charge in [-0.25, -0.2) is 0 Å². The molecule has 1 N–H and O–H groups in total. The van der Waals surface area contributed by atoms with Crippen molar-refractivity contribution in [2.45, 2.75) is 70.7 Å². The van der Waals surface area contributed by atoms with Crippen LogP contribution in [0.4, 0.5) is 13.2 Å². The van der Waals surface area contributed by atoms with Gasteiger partial charge in [0.15, 0.2) is 0 Å². The van der Waals surface area contributed by atoms with E-state index < -0.39 is 11.7 Å². The molecule has 1 saturated carbocycles. The SMILES string of the molecule is CCCCN(C)Cc1cn[nH]c1-c1cc(OC2CCCCC2)cc(C(F)(F)F)c1. The summed E-state index contributed by atoms with van der Waals surface area (Å²) in [4.78, 5) is 2.16. The van der Waals surface area contributed by atoms with Crippen molar-refractivity contribution in [3.63, 3.8) is 0 Å². The maximum absolute atomic E-state index is 13.5. The largest absolute Gasteiger partial charge is 0.490 e. The first-order valence-electron chi connectivity index (χ1n) is 10.5. The molecule has 1 aliphatic carbocycles. The number of alkyl halides is 3. The third-order valence-corrected chi connectivity index (χ3v) is 5.43. The molecule has 4 nitrogen and oxygen atoms in total. The van der Waals surface area contributed by atoms with Gasteiger partial charge in [0.1, 0.15) is 5.75 Å². The van der Waals surface area contributed by atoms with Crippen LogP contribution in [0.3, 0.4) is 0 Å². The van der Waals surface area contributed by atoms with Crippen LogP contribution in [0.25, 0.3) is 11.3 Å². The van der Waals surface area contributed by atoms with Crippen LogP contribution in [0.15, 0.2) is 24.4 Å². The van der Waals surface area contributed by atoms with Crippen molar-refractivity contribution in [2.24, 2.45) is 0 Å². The molecule has 1 aliphatic rings. The third-order valence-electron chi connectivity index (χ3n) is 5.43. The van der Waals surface area contributed by atoms with Crippen molar-refractivity contribution in [3.8, 4) is 17.0 Å². The summed E-state index contributed by atoms with van der Waals surface area (Å²) in [6.07, 6.45) is 4.49. The van der Waals surface area contributed by atoms with Crippen molar-refractivity contribution < 1.29 is 17.9 Å². The molecule has 3 rings (SSSR count). The van der Waals surface area contributed by atoms with Crippen molar-refractivity contribution in [1.29, 1.82) is 0 Å². The zero-order chi connectivity index (χ0) is 20.9. The summed E-state index contributed by atoms with van der Waals surface area (Å²) in [6, 6.07) is 3.99. The van der Waals surface area contributed by atoms with E-state index in [1.165, 1.54) is 6.07 Å². The Hall–Kier alpha value is -2.02. The first-order chi connectivity index (χ1) is 13.9. The molecule has 160 valence electrons. The summed E-state index contributed by atoms with van der Waals surface area (Å²) < 4.78 is 46.5. The number of benzene rings is 1. The van der Waals surface area contributed by atoms with Gasteiger partial charge in [-0.2, -0.15) is 18.3 Å². The number of aromatic nitrogens is 2. The summed E-state index contributed by atoms with van der Waals surface area (Å²) in [7, 11) is 2.01. The van der Waals surface area contributed by atoms with Crippen molar-refractivity contribution in [1.82, 2.24) is 15.1 Å². The van der Waals surface area contributed by atoms with E-state index in [1.807, 2.05) is 7.05 Å². The number of hydrogen-bond donors (Lipinski definition) is 1. The molecule has 2 aromatic rings. The molecule has 0 radical (unpaired) electrons. The van der Waals surface area contributed by atoms with Crippen LogP contribution in [0.2, 0.25) is 0 Å². The van der Waals surface area contributed by atoms with Gasteiger partial charge in [-0.15, -0.1) is 0 Å². The van der Waals surface area contributed by atoms with Crippen molar-refractivity contribution in [3.05, 3.63) is 35.5 Å². The molecule has 1 fully saturated rings. The molecule has 7 heteroatoms. The highest BCUT2D eigenvalue weighted by molar-refractivity contribution is 5.66. The Bertz CT molecular complexity index is 782. The Morgan fingerprint density at radius 2 is 1.93 bits per heavy atom. The molecule has 1 heterocycles. The Morgan fingerprint density at radius 1 is 1.17 bits per heavy atom. The maximum Gasteiger partial charge on any atom is 0.416 e. The molecule has 0 bridgehead atoms. The first kappa shape index (κ1) is 21.7. The average molecular weight is 409 g/mol. The highest BCUT2D eigenvalue weighted by Gasteiger charge is 2.32. The Kier molecular flexibility index (Phi) is 7.22. The molecule has 0 spiro atoms. The lowest BCUT2D eigenvalue weighted by molar-refractivity contribution is -0.137. The van der Waals surface area contributed by atoms with Gasteiger partial charge in [-0.1, -0.05) is 19.8 Å². The molecule has 0 aliphatic heterocycles. The van der Waals surface area contributed by atoms with Gasteiger partial charge in [0.2, 0.25) is 0 Å². The Balaban J connectivity index is 1.88. The minimum Gasteiger partial charge on any atom is -0.490 e. The molecular weight excluding hydrogens is 379 g/mol. The lowest BCUT2D eigenvalue weighted by Crippen LogP contribution is -2.20. The summed E-state index contributed by atoms with van der Waals surface area (Å²) in [5.74, 6) is 0.279. The summed E-state index contributed by atoms with van der Waals surface area (Å²) in [5, 5.41) is 6.99. The van der Waals surface area contributed by atoms with E-state index in [-0.39, 0.29) is 11.9 Å². The van der Waals surface area contributed by atoms with Crippen LogP contribution in [0.1, 0.15) is 63.0 Å². The number of H-pyrrole nitrogens is 1. The zero-order valence-electron chi connectivity index (χ0n) is 17.2. The second kappa shape index (κ2) is 9.65. The number of nitrogens with one attached hydrogen (secondary N) is 1. The fourth-order valence-corrected chi connectivity index (χ4v) is 3.83. The maximum atomic E-state index is 13.5. The van der Waals surface area contributed by atoms with Gasteiger partial charge >= 0.3 is 6.18 Å². The topological polar surface area (TPSA) is 41.2 Å². The van der Waals surface area contributed by atoms with Gasteiger partial charge in [-0.3, -0.25) is 5.10 Å². The second-order valence-corrected chi connectivity index (χ2v) is 7.98. The van der Waals surface area contributed by atoms with Crippen LogP contribution in [-0.2, 0) is 12.7 Å². The van der Waals surface area contributed by atoms with Crippen LogP contribution in [0.5, 0.6) is 5.75 Å². The molecule has 0 atom stereocenters. The normalized spacial score (nSPS) is 15.8. The third kappa shape index (κ3) is 5.98.